The zero-order valence-electron chi connectivity index (χ0n) is 13.3. The normalized spacial score (nSPS) is 15.3. The van der Waals surface area contributed by atoms with Crippen LogP contribution < -0.4 is 9.62 Å². The van der Waals surface area contributed by atoms with Crippen LogP contribution in [0.2, 0.25) is 5.02 Å². The summed E-state index contributed by atoms with van der Waals surface area (Å²) < 4.78 is 33.5. The molecule has 1 fully saturated rings. The lowest BCUT2D eigenvalue weighted by Crippen LogP contribution is -2.36. The highest BCUT2D eigenvalue weighted by Crippen LogP contribution is 2.29. The minimum absolute atomic E-state index is 0.196. The van der Waals surface area contributed by atoms with Gasteiger partial charge in [0, 0.05) is 18.1 Å². The van der Waals surface area contributed by atoms with E-state index in [1.54, 1.807) is 25.1 Å². The third-order valence-corrected chi connectivity index (χ3v) is 5.73. The van der Waals surface area contributed by atoms with Crippen LogP contribution in [-0.4, -0.2) is 34.7 Å². The summed E-state index contributed by atoms with van der Waals surface area (Å²) in [5.74, 6) is 0. The van der Waals surface area contributed by atoms with Gasteiger partial charge in [0.2, 0.25) is 0 Å². The van der Waals surface area contributed by atoms with E-state index in [2.05, 4.69) is 9.62 Å². The van der Waals surface area contributed by atoms with Gasteiger partial charge in [0.05, 0.1) is 29.5 Å². The number of rotatable bonds is 4. The third kappa shape index (κ3) is 3.66. The summed E-state index contributed by atoms with van der Waals surface area (Å²) in [7, 11) is -3.68. The Hall–Kier alpha value is -1.76. The summed E-state index contributed by atoms with van der Waals surface area (Å²) >= 11 is 5.98. The maximum absolute atomic E-state index is 12.7. The summed E-state index contributed by atoms with van der Waals surface area (Å²) in [6.07, 6.45) is 0. The van der Waals surface area contributed by atoms with E-state index in [1.807, 2.05) is 18.2 Å². The fraction of sp³-hybridized carbons (Fsp3) is 0.294. The van der Waals surface area contributed by atoms with Crippen molar-refractivity contribution in [3.8, 4) is 0 Å². The van der Waals surface area contributed by atoms with Crippen LogP contribution in [0, 0.1) is 6.92 Å². The third-order valence-electron chi connectivity index (χ3n) is 3.94. The Morgan fingerprint density at radius 3 is 2.54 bits per heavy atom. The number of hydrogen-bond donors (Lipinski definition) is 1. The van der Waals surface area contributed by atoms with Crippen molar-refractivity contribution in [2.75, 3.05) is 35.9 Å². The van der Waals surface area contributed by atoms with Crippen LogP contribution in [0.4, 0.5) is 11.4 Å². The van der Waals surface area contributed by atoms with Gasteiger partial charge in [-0.15, -0.1) is 0 Å². The van der Waals surface area contributed by atoms with Crippen molar-refractivity contribution in [1.29, 1.82) is 0 Å². The highest BCUT2D eigenvalue weighted by atomic mass is 35.5. The Bertz CT molecular complexity index is 833. The van der Waals surface area contributed by atoms with Crippen molar-refractivity contribution in [3.05, 3.63) is 53.1 Å². The Morgan fingerprint density at radius 2 is 1.83 bits per heavy atom. The van der Waals surface area contributed by atoms with Crippen molar-refractivity contribution < 1.29 is 13.2 Å². The number of morpholine rings is 1. The average Bonchev–Trinajstić information content (AvgIpc) is 2.58. The second-order valence-electron chi connectivity index (χ2n) is 5.63. The molecule has 0 saturated carbocycles. The molecule has 5 nitrogen and oxygen atoms in total. The van der Waals surface area contributed by atoms with Crippen molar-refractivity contribution in [1.82, 2.24) is 0 Å². The zero-order valence-corrected chi connectivity index (χ0v) is 14.9. The van der Waals surface area contributed by atoms with E-state index in [9.17, 15) is 8.42 Å². The predicted octanol–water partition coefficient (Wildman–Crippen LogP) is 3.29. The molecule has 3 rings (SSSR count). The second-order valence-corrected chi connectivity index (χ2v) is 7.72. The smallest absolute Gasteiger partial charge is 0.261 e. The van der Waals surface area contributed by atoms with Crippen LogP contribution in [-0.2, 0) is 14.8 Å². The molecule has 7 heteroatoms. The van der Waals surface area contributed by atoms with Gasteiger partial charge in [-0.1, -0.05) is 23.7 Å². The van der Waals surface area contributed by atoms with Crippen LogP contribution in [0.5, 0.6) is 0 Å². The number of nitrogens with one attached hydrogen (secondary N) is 1. The lowest BCUT2D eigenvalue weighted by atomic mass is 10.2. The highest BCUT2D eigenvalue weighted by molar-refractivity contribution is 7.92. The van der Waals surface area contributed by atoms with Crippen LogP contribution >= 0.6 is 11.6 Å². The van der Waals surface area contributed by atoms with Gasteiger partial charge in [0.15, 0.2) is 0 Å². The summed E-state index contributed by atoms with van der Waals surface area (Å²) in [4.78, 5) is 2.32. The molecule has 0 atom stereocenters. The fourth-order valence-electron chi connectivity index (χ4n) is 2.63. The molecule has 0 unspecified atom stereocenters. The molecule has 0 aromatic heterocycles. The van der Waals surface area contributed by atoms with E-state index in [1.165, 1.54) is 6.07 Å². The molecule has 0 spiro atoms. The molecule has 0 bridgehead atoms. The van der Waals surface area contributed by atoms with E-state index >= 15 is 0 Å². The summed E-state index contributed by atoms with van der Waals surface area (Å²) in [5.41, 5.74) is 2.14. The Kier molecular flexibility index (Phi) is 4.99. The van der Waals surface area contributed by atoms with E-state index in [0.717, 1.165) is 24.3 Å². The van der Waals surface area contributed by atoms with Crippen LogP contribution in [0.25, 0.3) is 0 Å². The molecule has 1 N–H and O–H groups in total. The number of aryl methyl sites for hydroxylation is 1. The van der Waals surface area contributed by atoms with Gasteiger partial charge in [-0.3, -0.25) is 4.72 Å². The number of sulfonamides is 1. The average molecular weight is 367 g/mol. The number of ether oxygens (including phenoxy) is 1. The van der Waals surface area contributed by atoms with Crippen LogP contribution in [0.3, 0.4) is 0 Å². The molecule has 24 heavy (non-hydrogen) atoms. The Labute approximate surface area is 147 Å². The largest absolute Gasteiger partial charge is 0.378 e. The molecule has 0 aliphatic carbocycles. The molecule has 128 valence electrons. The van der Waals surface area contributed by atoms with E-state index in [0.29, 0.717) is 23.9 Å². The molecule has 1 heterocycles. The minimum Gasteiger partial charge on any atom is -0.378 e. The molecule has 1 saturated heterocycles. The maximum Gasteiger partial charge on any atom is 0.261 e. The first kappa shape index (κ1) is 17.1. The summed E-state index contributed by atoms with van der Waals surface area (Å²) in [6, 6.07) is 12.1. The first-order valence-corrected chi connectivity index (χ1v) is 9.54. The number of hydrogen-bond acceptors (Lipinski definition) is 4. The topological polar surface area (TPSA) is 58.6 Å². The van der Waals surface area contributed by atoms with E-state index in [4.69, 9.17) is 16.3 Å². The van der Waals surface area contributed by atoms with Crippen LogP contribution in [0.1, 0.15) is 5.56 Å². The molecule has 2 aromatic carbocycles. The number of anilines is 2. The zero-order chi connectivity index (χ0) is 17.2. The van der Waals surface area contributed by atoms with Crippen molar-refractivity contribution in [3.63, 3.8) is 0 Å². The summed E-state index contributed by atoms with van der Waals surface area (Å²) in [5, 5.41) is 0.544. The van der Waals surface area contributed by atoms with Crippen molar-refractivity contribution in [2.45, 2.75) is 11.8 Å². The number of benzene rings is 2. The molecule has 1 aliphatic rings. The predicted molar refractivity (Wildman–Crippen MR) is 96.5 cm³/mol. The molecular weight excluding hydrogens is 348 g/mol. The SMILES string of the molecule is Cc1cc(S(=O)(=O)Nc2ccccc2N2CCOCC2)ccc1Cl. The molecule has 1 aliphatic heterocycles. The lowest BCUT2D eigenvalue weighted by molar-refractivity contribution is 0.123. The molecule has 0 radical (unpaired) electrons. The van der Waals surface area contributed by atoms with E-state index in [-0.39, 0.29) is 4.90 Å². The molecule has 2 aromatic rings. The van der Waals surface area contributed by atoms with Crippen molar-refractivity contribution in [2.24, 2.45) is 0 Å². The van der Waals surface area contributed by atoms with Gasteiger partial charge >= 0.3 is 0 Å². The second kappa shape index (κ2) is 7.01. The van der Waals surface area contributed by atoms with Gasteiger partial charge in [-0.05, 0) is 42.8 Å². The standard InChI is InChI=1S/C17H19ClN2O3S/c1-13-12-14(6-7-15(13)18)24(21,22)19-16-4-2-3-5-17(16)20-8-10-23-11-9-20/h2-7,12,19H,8-11H2,1H3. The Morgan fingerprint density at radius 1 is 1.12 bits per heavy atom. The first-order chi connectivity index (χ1) is 11.5. The highest BCUT2D eigenvalue weighted by Gasteiger charge is 2.20. The number of halogens is 1. The van der Waals surface area contributed by atoms with Gasteiger partial charge < -0.3 is 9.64 Å². The monoisotopic (exact) mass is 366 g/mol. The number of para-hydroxylation sites is 2. The van der Waals surface area contributed by atoms with Gasteiger partial charge in [0.25, 0.3) is 10.0 Å². The fourth-order valence-corrected chi connectivity index (χ4v) is 3.90. The number of nitrogens with zero attached hydrogens (tertiary/aromatic N) is 1. The van der Waals surface area contributed by atoms with E-state index < -0.39 is 10.0 Å². The minimum atomic E-state index is -3.68. The van der Waals surface area contributed by atoms with Crippen molar-refractivity contribution >= 4 is 33.0 Å². The lowest BCUT2D eigenvalue weighted by Gasteiger charge is -2.30. The van der Waals surface area contributed by atoms with Crippen LogP contribution in [0.15, 0.2) is 47.4 Å². The maximum atomic E-state index is 12.7. The van der Waals surface area contributed by atoms with Gasteiger partial charge in [0.1, 0.15) is 0 Å². The summed E-state index contributed by atoms with van der Waals surface area (Å²) in [6.45, 7) is 4.52. The molecule has 0 amide bonds. The Balaban J connectivity index is 1.91. The van der Waals surface area contributed by atoms with Gasteiger partial charge in [-0.25, -0.2) is 8.42 Å². The first-order valence-electron chi connectivity index (χ1n) is 7.68. The quantitative estimate of drug-likeness (QED) is 0.902. The molecular formula is C17H19ClN2O3S. The van der Waals surface area contributed by atoms with Gasteiger partial charge in [-0.2, -0.15) is 0 Å².